The molecule has 1 nitrogen and oxygen atoms in total. The Morgan fingerprint density at radius 2 is 1.86 bits per heavy atom. The second-order valence-electron chi connectivity index (χ2n) is 5.14. The van der Waals surface area contributed by atoms with Crippen LogP contribution >= 0.6 is 23.2 Å². The third-order valence-corrected chi connectivity index (χ3v) is 3.97. The summed E-state index contributed by atoms with van der Waals surface area (Å²) in [6.45, 7) is 2.84. The molecule has 0 fully saturated rings. The molecule has 0 amide bonds. The van der Waals surface area contributed by atoms with Crippen molar-refractivity contribution in [2.24, 2.45) is 0 Å². The van der Waals surface area contributed by atoms with Crippen molar-refractivity contribution in [1.82, 2.24) is 5.32 Å². The molecule has 2 aromatic carbocycles. The van der Waals surface area contributed by atoms with Gasteiger partial charge >= 0.3 is 0 Å². The summed E-state index contributed by atoms with van der Waals surface area (Å²) in [5.41, 5.74) is 1.80. The van der Waals surface area contributed by atoms with Gasteiger partial charge in [0.2, 0.25) is 0 Å². The highest BCUT2D eigenvalue weighted by atomic mass is 35.5. The standard InChI is InChI=1S/C17H18Cl2FN/c1-12(10-14-4-2-3-5-17(14)20)21-9-8-13-6-7-15(18)11-16(13)19/h2-7,11-12,21H,8-10H2,1H3. The lowest BCUT2D eigenvalue weighted by Crippen LogP contribution is -2.30. The first kappa shape index (κ1) is 16.3. The minimum atomic E-state index is -0.146. The number of halogens is 3. The largest absolute Gasteiger partial charge is 0.314 e. The maximum Gasteiger partial charge on any atom is 0.126 e. The summed E-state index contributed by atoms with van der Waals surface area (Å²) in [4.78, 5) is 0. The highest BCUT2D eigenvalue weighted by Crippen LogP contribution is 2.21. The van der Waals surface area contributed by atoms with Crippen LogP contribution in [0.15, 0.2) is 42.5 Å². The van der Waals surface area contributed by atoms with E-state index in [2.05, 4.69) is 12.2 Å². The van der Waals surface area contributed by atoms with E-state index in [0.29, 0.717) is 16.5 Å². The van der Waals surface area contributed by atoms with Crippen LogP contribution in [0, 0.1) is 5.82 Å². The lowest BCUT2D eigenvalue weighted by atomic mass is 10.1. The topological polar surface area (TPSA) is 12.0 Å². The molecule has 4 heteroatoms. The zero-order valence-electron chi connectivity index (χ0n) is 11.9. The second-order valence-corrected chi connectivity index (χ2v) is 5.98. The summed E-state index contributed by atoms with van der Waals surface area (Å²) in [6.07, 6.45) is 1.48. The van der Waals surface area contributed by atoms with Crippen LogP contribution in [-0.4, -0.2) is 12.6 Å². The van der Waals surface area contributed by atoms with Crippen molar-refractivity contribution < 1.29 is 4.39 Å². The van der Waals surface area contributed by atoms with E-state index in [1.807, 2.05) is 24.3 Å². The molecule has 21 heavy (non-hydrogen) atoms. The van der Waals surface area contributed by atoms with Gasteiger partial charge in [-0.2, -0.15) is 0 Å². The van der Waals surface area contributed by atoms with E-state index in [9.17, 15) is 4.39 Å². The monoisotopic (exact) mass is 325 g/mol. The maximum absolute atomic E-state index is 13.6. The zero-order valence-corrected chi connectivity index (χ0v) is 13.4. The SMILES string of the molecule is CC(Cc1ccccc1F)NCCc1ccc(Cl)cc1Cl. The van der Waals surface area contributed by atoms with Crippen LogP contribution in [0.2, 0.25) is 10.0 Å². The third-order valence-electron chi connectivity index (χ3n) is 3.39. The van der Waals surface area contributed by atoms with E-state index < -0.39 is 0 Å². The first-order valence-corrected chi connectivity index (χ1v) is 7.72. The average Bonchev–Trinajstić information content (AvgIpc) is 2.44. The molecule has 0 bridgehead atoms. The minimum Gasteiger partial charge on any atom is -0.314 e. The summed E-state index contributed by atoms with van der Waals surface area (Å²) in [6, 6.07) is 12.6. The van der Waals surface area contributed by atoms with E-state index in [1.54, 1.807) is 12.1 Å². The molecule has 1 unspecified atom stereocenters. The van der Waals surface area contributed by atoms with Crippen molar-refractivity contribution in [3.8, 4) is 0 Å². The van der Waals surface area contributed by atoms with E-state index in [0.717, 1.165) is 24.1 Å². The molecule has 0 saturated carbocycles. The van der Waals surface area contributed by atoms with Crippen LogP contribution in [0.5, 0.6) is 0 Å². The van der Waals surface area contributed by atoms with Crippen molar-refractivity contribution in [2.75, 3.05) is 6.54 Å². The normalized spacial score (nSPS) is 12.4. The van der Waals surface area contributed by atoms with Crippen molar-refractivity contribution in [1.29, 1.82) is 0 Å². The van der Waals surface area contributed by atoms with Crippen LogP contribution in [0.3, 0.4) is 0 Å². The Kier molecular flexibility index (Phi) is 6.04. The van der Waals surface area contributed by atoms with Crippen LogP contribution < -0.4 is 5.32 Å². The lowest BCUT2D eigenvalue weighted by Gasteiger charge is -2.14. The fourth-order valence-corrected chi connectivity index (χ4v) is 2.75. The first-order valence-electron chi connectivity index (χ1n) is 6.97. The number of rotatable bonds is 6. The first-order chi connectivity index (χ1) is 10.1. The molecule has 2 rings (SSSR count). The smallest absolute Gasteiger partial charge is 0.126 e. The Morgan fingerprint density at radius 1 is 1.10 bits per heavy atom. The van der Waals surface area contributed by atoms with Crippen LogP contribution in [0.25, 0.3) is 0 Å². The van der Waals surface area contributed by atoms with Gasteiger partial charge in [0.1, 0.15) is 5.82 Å². The summed E-state index contributed by atoms with van der Waals surface area (Å²) < 4.78 is 13.6. The Labute approximate surface area is 135 Å². The Bertz CT molecular complexity index is 601. The van der Waals surface area contributed by atoms with Gasteiger partial charge < -0.3 is 5.32 Å². The predicted molar refractivity (Wildman–Crippen MR) is 87.7 cm³/mol. The summed E-state index contributed by atoms with van der Waals surface area (Å²) >= 11 is 12.0. The molecule has 0 heterocycles. The Hall–Kier alpha value is -1.09. The van der Waals surface area contributed by atoms with Crippen molar-refractivity contribution in [3.63, 3.8) is 0 Å². The summed E-state index contributed by atoms with van der Waals surface area (Å²) in [5.74, 6) is -0.146. The minimum absolute atomic E-state index is 0.146. The average molecular weight is 326 g/mol. The molecular formula is C17H18Cl2FN. The predicted octanol–water partition coefficient (Wildman–Crippen LogP) is 4.90. The Morgan fingerprint density at radius 3 is 2.57 bits per heavy atom. The molecule has 0 radical (unpaired) electrons. The molecule has 0 aliphatic carbocycles. The van der Waals surface area contributed by atoms with Crippen molar-refractivity contribution >= 4 is 23.2 Å². The van der Waals surface area contributed by atoms with Gasteiger partial charge in [-0.05, 0) is 55.6 Å². The zero-order chi connectivity index (χ0) is 15.2. The number of hydrogen-bond acceptors (Lipinski definition) is 1. The van der Waals surface area contributed by atoms with Crippen LogP contribution in [0.1, 0.15) is 18.1 Å². The molecule has 1 atom stereocenters. The maximum atomic E-state index is 13.6. The van der Waals surface area contributed by atoms with Crippen molar-refractivity contribution in [3.05, 3.63) is 69.5 Å². The van der Waals surface area contributed by atoms with Crippen molar-refractivity contribution in [2.45, 2.75) is 25.8 Å². The number of nitrogens with one attached hydrogen (secondary N) is 1. The van der Waals surface area contributed by atoms with Crippen LogP contribution in [0.4, 0.5) is 4.39 Å². The molecule has 2 aromatic rings. The van der Waals surface area contributed by atoms with Gasteiger partial charge in [-0.3, -0.25) is 0 Å². The molecule has 0 aromatic heterocycles. The second kappa shape index (κ2) is 7.79. The highest BCUT2D eigenvalue weighted by molar-refractivity contribution is 6.35. The van der Waals surface area contributed by atoms with E-state index in [4.69, 9.17) is 23.2 Å². The highest BCUT2D eigenvalue weighted by Gasteiger charge is 2.07. The summed E-state index contributed by atoms with van der Waals surface area (Å²) in [5, 5.41) is 4.72. The fourth-order valence-electron chi connectivity index (χ4n) is 2.24. The molecule has 0 aliphatic heterocycles. The summed E-state index contributed by atoms with van der Waals surface area (Å²) in [7, 11) is 0. The fraction of sp³-hybridized carbons (Fsp3) is 0.294. The number of hydrogen-bond donors (Lipinski definition) is 1. The van der Waals surface area contributed by atoms with Gasteiger partial charge in [0.05, 0.1) is 0 Å². The number of benzene rings is 2. The molecule has 0 saturated heterocycles. The van der Waals surface area contributed by atoms with Gasteiger partial charge in [-0.15, -0.1) is 0 Å². The molecule has 112 valence electrons. The van der Waals surface area contributed by atoms with Crippen LogP contribution in [-0.2, 0) is 12.8 Å². The van der Waals surface area contributed by atoms with Gasteiger partial charge in [0.25, 0.3) is 0 Å². The van der Waals surface area contributed by atoms with Gasteiger partial charge in [-0.1, -0.05) is 47.5 Å². The molecule has 0 aliphatic rings. The van der Waals surface area contributed by atoms with Gasteiger partial charge in [-0.25, -0.2) is 4.39 Å². The third kappa shape index (κ3) is 4.99. The van der Waals surface area contributed by atoms with E-state index >= 15 is 0 Å². The van der Waals surface area contributed by atoms with E-state index in [-0.39, 0.29) is 11.9 Å². The quantitative estimate of drug-likeness (QED) is 0.796. The van der Waals surface area contributed by atoms with Gasteiger partial charge in [0, 0.05) is 16.1 Å². The molecular weight excluding hydrogens is 308 g/mol. The molecule has 1 N–H and O–H groups in total. The Balaban J connectivity index is 1.82. The lowest BCUT2D eigenvalue weighted by molar-refractivity contribution is 0.529. The van der Waals surface area contributed by atoms with E-state index in [1.165, 1.54) is 6.07 Å². The van der Waals surface area contributed by atoms with Gasteiger partial charge in [0.15, 0.2) is 0 Å². The molecule has 0 spiro atoms.